The fourth-order valence-corrected chi connectivity index (χ4v) is 3.28. The number of nitrogens with zero attached hydrogens (tertiary/aromatic N) is 1. The monoisotopic (exact) mass is 316 g/mol. The fraction of sp³-hybridized carbons (Fsp3) is 0.412. The fourth-order valence-electron chi connectivity index (χ4n) is 2.28. The lowest BCUT2D eigenvalue weighted by Gasteiger charge is -2.05. The molecule has 0 saturated heterocycles. The summed E-state index contributed by atoms with van der Waals surface area (Å²) in [5.74, 6) is 1.57. The van der Waals surface area contributed by atoms with Crippen molar-refractivity contribution in [3.63, 3.8) is 0 Å². The standard InChI is InChI=1S/C17H20N2O2S/c1-21-15-4-2-3-12(9-15)5-8-16(20)18-10-14-11-22-17(19-14)13-6-7-13/h2-4,9,11,13H,5-8,10H2,1H3,(H,18,20). The molecule has 1 aromatic carbocycles. The van der Waals surface area contributed by atoms with Crippen LogP contribution in [0.5, 0.6) is 5.75 Å². The molecule has 0 bridgehead atoms. The van der Waals surface area contributed by atoms with Gasteiger partial charge < -0.3 is 10.1 Å². The molecular formula is C17H20N2O2S. The molecule has 0 radical (unpaired) electrons. The number of carbonyl (C=O) groups excluding carboxylic acids is 1. The number of hydrogen-bond donors (Lipinski definition) is 1. The van der Waals surface area contributed by atoms with E-state index >= 15 is 0 Å². The molecule has 0 spiro atoms. The minimum absolute atomic E-state index is 0.0591. The molecule has 4 nitrogen and oxygen atoms in total. The number of thiazole rings is 1. The van der Waals surface area contributed by atoms with Crippen LogP contribution in [0.4, 0.5) is 0 Å². The summed E-state index contributed by atoms with van der Waals surface area (Å²) in [5.41, 5.74) is 2.08. The minimum Gasteiger partial charge on any atom is -0.497 e. The zero-order valence-electron chi connectivity index (χ0n) is 12.7. The summed E-state index contributed by atoms with van der Waals surface area (Å²) in [7, 11) is 1.65. The Morgan fingerprint density at radius 2 is 2.32 bits per heavy atom. The van der Waals surface area contributed by atoms with Crippen molar-refractivity contribution in [1.82, 2.24) is 10.3 Å². The summed E-state index contributed by atoms with van der Waals surface area (Å²) < 4.78 is 5.19. The molecule has 5 heteroatoms. The van der Waals surface area contributed by atoms with Gasteiger partial charge in [0, 0.05) is 17.7 Å². The number of carbonyl (C=O) groups is 1. The van der Waals surface area contributed by atoms with Crippen LogP contribution in [0, 0.1) is 0 Å². The highest BCUT2D eigenvalue weighted by atomic mass is 32.1. The molecule has 116 valence electrons. The van der Waals surface area contributed by atoms with Crippen LogP contribution in [0.1, 0.15) is 41.4 Å². The molecule has 0 atom stereocenters. The van der Waals surface area contributed by atoms with Gasteiger partial charge in [0.15, 0.2) is 0 Å². The Labute approximate surface area is 134 Å². The molecular weight excluding hydrogens is 296 g/mol. The number of aryl methyl sites for hydroxylation is 1. The van der Waals surface area contributed by atoms with Gasteiger partial charge in [0.05, 0.1) is 24.4 Å². The van der Waals surface area contributed by atoms with Gasteiger partial charge in [-0.05, 0) is 37.0 Å². The van der Waals surface area contributed by atoms with Gasteiger partial charge >= 0.3 is 0 Å². The first-order valence-electron chi connectivity index (χ1n) is 7.58. The predicted octanol–water partition coefficient (Wildman–Crippen LogP) is 3.28. The summed E-state index contributed by atoms with van der Waals surface area (Å²) in [4.78, 5) is 16.5. The summed E-state index contributed by atoms with van der Waals surface area (Å²) in [6.07, 6.45) is 3.72. The van der Waals surface area contributed by atoms with E-state index in [-0.39, 0.29) is 5.91 Å². The topological polar surface area (TPSA) is 51.2 Å². The molecule has 1 aliphatic rings. The van der Waals surface area contributed by atoms with Crippen molar-refractivity contribution >= 4 is 17.2 Å². The maximum atomic E-state index is 11.9. The zero-order chi connectivity index (χ0) is 15.4. The lowest BCUT2D eigenvalue weighted by Crippen LogP contribution is -2.23. The third kappa shape index (κ3) is 4.07. The number of aromatic nitrogens is 1. The summed E-state index contributed by atoms with van der Waals surface area (Å²) in [5, 5.41) is 6.22. The average Bonchev–Trinajstić information content (AvgIpc) is 3.30. The van der Waals surface area contributed by atoms with Crippen LogP contribution in [0.2, 0.25) is 0 Å². The van der Waals surface area contributed by atoms with E-state index in [0.29, 0.717) is 25.3 Å². The molecule has 1 N–H and O–H groups in total. The number of hydrogen-bond acceptors (Lipinski definition) is 4. The summed E-state index contributed by atoms with van der Waals surface area (Å²) >= 11 is 1.71. The molecule has 1 amide bonds. The highest BCUT2D eigenvalue weighted by molar-refractivity contribution is 7.09. The normalized spacial score (nSPS) is 13.9. The van der Waals surface area contributed by atoms with Gasteiger partial charge in [0.1, 0.15) is 5.75 Å². The lowest BCUT2D eigenvalue weighted by atomic mass is 10.1. The average molecular weight is 316 g/mol. The number of nitrogens with one attached hydrogen (secondary N) is 1. The Morgan fingerprint density at radius 1 is 1.45 bits per heavy atom. The van der Waals surface area contributed by atoms with Crippen molar-refractivity contribution in [1.29, 1.82) is 0 Å². The maximum Gasteiger partial charge on any atom is 0.220 e. The van der Waals surface area contributed by atoms with Crippen LogP contribution in [-0.4, -0.2) is 18.0 Å². The molecule has 1 heterocycles. The Kier molecular flexibility index (Phi) is 4.73. The molecule has 1 aromatic heterocycles. The van der Waals surface area contributed by atoms with Crippen LogP contribution in [0.15, 0.2) is 29.6 Å². The first-order chi connectivity index (χ1) is 10.7. The van der Waals surface area contributed by atoms with Crippen molar-refractivity contribution < 1.29 is 9.53 Å². The van der Waals surface area contributed by atoms with Gasteiger partial charge in [0.2, 0.25) is 5.91 Å². The summed E-state index contributed by atoms with van der Waals surface area (Å²) in [6, 6.07) is 7.83. The molecule has 0 aliphatic heterocycles. The summed E-state index contributed by atoms with van der Waals surface area (Å²) in [6.45, 7) is 0.528. The predicted molar refractivity (Wildman–Crippen MR) is 87.3 cm³/mol. The van der Waals surface area contributed by atoms with Crippen molar-refractivity contribution in [3.8, 4) is 5.75 Å². The van der Waals surface area contributed by atoms with Crippen LogP contribution < -0.4 is 10.1 Å². The van der Waals surface area contributed by atoms with Crippen molar-refractivity contribution in [2.75, 3.05) is 7.11 Å². The van der Waals surface area contributed by atoms with Gasteiger partial charge in [-0.3, -0.25) is 4.79 Å². The van der Waals surface area contributed by atoms with Crippen molar-refractivity contribution in [2.24, 2.45) is 0 Å². The smallest absolute Gasteiger partial charge is 0.220 e. The van der Waals surface area contributed by atoms with Crippen molar-refractivity contribution in [3.05, 3.63) is 45.9 Å². The van der Waals surface area contributed by atoms with E-state index in [1.165, 1.54) is 17.8 Å². The molecule has 22 heavy (non-hydrogen) atoms. The van der Waals surface area contributed by atoms with Gasteiger partial charge in [-0.2, -0.15) is 0 Å². The number of ether oxygens (including phenoxy) is 1. The second-order valence-corrected chi connectivity index (χ2v) is 6.47. The van der Waals surface area contributed by atoms with Gasteiger partial charge in [0.25, 0.3) is 0 Å². The third-order valence-electron chi connectivity index (χ3n) is 3.74. The number of methoxy groups -OCH3 is 1. The van der Waals surface area contributed by atoms with E-state index in [1.807, 2.05) is 24.3 Å². The molecule has 0 unspecified atom stereocenters. The molecule has 1 fully saturated rings. The number of benzene rings is 1. The van der Waals surface area contributed by atoms with E-state index in [4.69, 9.17) is 4.74 Å². The van der Waals surface area contributed by atoms with E-state index in [2.05, 4.69) is 15.7 Å². The highest BCUT2D eigenvalue weighted by Crippen LogP contribution is 2.41. The Balaban J connectivity index is 1.43. The third-order valence-corrected chi connectivity index (χ3v) is 4.79. The first-order valence-corrected chi connectivity index (χ1v) is 8.46. The number of rotatable bonds is 7. The van der Waals surface area contributed by atoms with E-state index < -0.39 is 0 Å². The van der Waals surface area contributed by atoms with Crippen LogP contribution in [0.25, 0.3) is 0 Å². The first kappa shape index (κ1) is 15.0. The van der Waals surface area contributed by atoms with Gasteiger partial charge in [-0.1, -0.05) is 12.1 Å². The van der Waals surface area contributed by atoms with Crippen molar-refractivity contribution in [2.45, 2.75) is 38.1 Å². The Hall–Kier alpha value is -1.88. The lowest BCUT2D eigenvalue weighted by molar-refractivity contribution is -0.121. The minimum atomic E-state index is 0.0591. The van der Waals surface area contributed by atoms with E-state index in [0.717, 1.165) is 17.0 Å². The number of amides is 1. The highest BCUT2D eigenvalue weighted by Gasteiger charge is 2.26. The molecule has 3 rings (SSSR count). The second kappa shape index (κ2) is 6.92. The van der Waals surface area contributed by atoms with Gasteiger partial charge in [-0.25, -0.2) is 4.98 Å². The Morgan fingerprint density at radius 3 is 3.09 bits per heavy atom. The molecule has 2 aromatic rings. The van der Waals surface area contributed by atoms with Crippen LogP contribution in [0.3, 0.4) is 0 Å². The maximum absolute atomic E-state index is 11.9. The quantitative estimate of drug-likeness (QED) is 0.853. The SMILES string of the molecule is COc1cccc(CCC(=O)NCc2csc(C3CC3)n2)c1. The van der Waals surface area contributed by atoms with Crippen LogP contribution in [-0.2, 0) is 17.8 Å². The molecule has 1 saturated carbocycles. The second-order valence-electron chi connectivity index (χ2n) is 5.58. The van der Waals surface area contributed by atoms with E-state index in [1.54, 1.807) is 18.4 Å². The zero-order valence-corrected chi connectivity index (χ0v) is 13.5. The van der Waals surface area contributed by atoms with E-state index in [9.17, 15) is 4.79 Å². The van der Waals surface area contributed by atoms with Gasteiger partial charge in [-0.15, -0.1) is 11.3 Å². The largest absolute Gasteiger partial charge is 0.497 e. The van der Waals surface area contributed by atoms with Crippen LogP contribution >= 0.6 is 11.3 Å². The molecule has 1 aliphatic carbocycles. The Bertz CT molecular complexity index is 650.